The first-order chi connectivity index (χ1) is 18.9. The summed E-state index contributed by atoms with van der Waals surface area (Å²) in [6.07, 6.45) is 9.03. The van der Waals surface area contributed by atoms with Crippen molar-refractivity contribution in [2.24, 2.45) is 5.92 Å². The van der Waals surface area contributed by atoms with E-state index in [1.807, 2.05) is 12.3 Å². The molecule has 2 saturated carbocycles. The Morgan fingerprint density at radius 1 is 1.18 bits per heavy atom. The van der Waals surface area contributed by atoms with Gasteiger partial charge in [-0.15, -0.1) is 0 Å². The molecule has 3 N–H and O–H groups in total. The number of anilines is 1. The van der Waals surface area contributed by atoms with Gasteiger partial charge in [0, 0.05) is 37.7 Å². The number of hydrogen-bond donors (Lipinski definition) is 3. The molecule has 0 spiro atoms. The highest BCUT2D eigenvalue weighted by atomic mass is 35.5. The molecule has 11 heteroatoms. The Bertz CT molecular complexity index is 1460. The third kappa shape index (κ3) is 4.89. The molecule has 1 aliphatic heterocycles. The van der Waals surface area contributed by atoms with Crippen molar-refractivity contribution in [3.8, 4) is 0 Å². The molecule has 0 bridgehead atoms. The monoisotopic (exact) mass is 569 g/mol. The summed E-state index contributed by atoms with van der Waals surface area (Å²) in [5.41, 5.74) is 2.63. The highest BCUT2D eigenvalue weighted by molar-refractivity contribution is 6.42. The molecule has 1 unspecified atom stereocenters. The van der Waals surface area contributed by atoms with Crippen LogP contribution >= 0.6 is 23.2 Å². The van der Waals surface area contributed by atoms with E-state index >= 15 is 0 Å². The lowest BCUT2D eigenvalue weighted by Gasteiger charge is -2.41. The molecule has 9 nitrogen and oxygen atoms in total. The Morgan fingerprint density at radius 3 is 2.87 bits per heavy atom. The molecule has 2 aliphatic carbocycles. The smallest absolute Gasteiger partial charge is 0.145 e. The fraction of sp³-hybridized carbons (Fsp3) is 0.536. The number of aromatic nitrogens is 5. The second-order valence-electron chi connectivity index (χ2n) is 11.3. The number of hydrogen-bond acceptors (Lipinski definition) is 7. The quantitative estimate of drug-likeness (QED) is 0.251. The SMILES string of the molecule is CC1O[C@@H]2[C@H](C[C@@H](n3ccc4c(NC5CC5)ncnc43)[C@@H]2O)CN1CCCCc1nc2cc(Cl)c(Cl)cc2[nH]1. The minimum Gasteiger partial charge on any atom is -0.388 e. The van der Waals surface area contributed by atoms with Gasteiger partial charge in [0.05, 0.1) is 38.6 Å². The number of aliphatic hydroxyl groups is 1. The summed E-state index contributed by atoms with van der Waals surface area (Å²) >= 11 is 12.3. The van der Waals surface area contributed by atoms with Crippen LogP contribution in [0.5, 0.6) is 0 Å². The fourth-order valence-corrected chi connectivity index (χ4v) is 6.65. The highest BCUT2D eigenvalue weighted by Crippen LogP contribution is 2.42. The molecule has 5 atom stereocenters. The molecule has 3 aliphatic rings. The van der Waals surface area contributed by atoms with Crippen molar-refractivity contribution >= 4 is 51.1 Å². The van der Waals surface area contributed by atoms with Crippen molar-refractivity contribution in [3.63, 3.8) is 0 Å². The van der Waals surface area contributed by atoms with E-state index in [2.05, 4.69) is 47.7 Å². The van der Waals surface area contributed by atoms with Crippen LogP contribution in [0.1, 0.15) is 50.9 Å². The van der Waals surface area contributed by atoms with Crippen LogP contribution in [-0.4, -0.2) is 72.1 Å². The Hall–Kier alpha value is -2.43. The van der Waals surface area contributed by atoms with Crippen LogP contribution < -0.4 is 5.32 Å². The highest BCUT2D eigenvalue weighted by Gasteiger charge is 2.48. The van der Waals surface area contributed by atoms with Gasteiger partial charge in [0.15, 0.2) is 0 Å². The lowest BCUT2D eigenvalue weighted by atomic mass is 10.0. The van der Waals surface area contributed by atoms with Crippen molar-refractivity contribution in [2.75, 3.05) is 18.4 Å². The van der Waals surface area contributed by atoms with E-state index in [1.165, 1.54) is 12.8 Å². The zero-order valence-electron chi connectivity index (χ0n) is 21.9. The summed E-state index contributed by atoms with van der Waals surface area (Å²) in [5, 5.41) is 16.9. The van der Waals surface area contributed by atoms with Gasteiger partial charge in [-0.2, -0.15) is 0 Å². The number of aromatic amines is 1. The van der Waals surface area contributed by atoms with Crippen LogP contribution in [0, 0.1) is 5.92 Å². The van der Waals surface area contributed by atoms with Crippen molar-refractivity contribution in [3.05, 3.63) is 46.6 Å². The standard InChI is InChI=1S/C28H33Cl2N7O2/c1-15-36(8-3-2-4-24-34-21-11-19(29)20(30)12-22(21)35-24)13-16-10-23(25(38)26(16)39-15)37-9-7-18-27(33-17-5-6-17)31-14-32-28(18)37/h7,9,11-12,14-17,23,25-26,38H,2-6,8,10,13H2,1H3,(H,34,35)(H,31,32,33)/t15?,16-,23-,25+,26-/m1/s1. The normalized spacial score (nSPS) is 27.4. The van der Waals surface area contributed by atoms with E-state index in [-0.39, 0.29) is 24.3 Å². The number of halogens is 2. The van der Waals surface area contributed by atoms with Crippen LogP contribution in [0.4, 0.5) is 5.82 Å². The van der Waals surface area contributed by atoms with E-state index in [4.69, 9.17) is 27.9 Å². The van der Waals surface area contributed by atoms with Crippen LogP contribution in [0.2, 0.25) is 10.0 Å². The first-order valence-corrected chi connectivity index (χ1v) is 14.7. The van der Waals surface area contributed by atoms with E-state index < -0.39 is 6.10 Å². The summed E-state index contributed by atoms with van der Waals surface area (Å²) in [4.78, 5) is 19.5. The zero-order valence-corrected chi connectivity index (χ0v) is 23.4. The Morgan fingerprint density at radius 2 is 2.03 bits per heavy atom. The third-order valence-electron chi connectivity index (χ3n) is 8.54. The van der Waals surface area contributed by atoms with Gasteiger partial charge in [0.2, 0.25) is 0 Å². The van der Waals surface area contributed by atoms with Crippen molar-refractivity contribution in [1.29, 1.82) is 0 Å². The average Bonchev–Trinajstić information content (AvgIpc) is 3.35. The molecule has 3 fully saturated rings. The summed E-state index contributed by atoms with van der Waals surface area (Å²) < 4.78 is 8.54. The second-order valence-corrected chi connectivity index (χ2v) is 12.1. The van der Waals surface area contributed by atoms with Gasteiger partial charge in [-0.3, -0.25) is 4.90 Å². The molecular weight excluding hydrogens is 537 g/mol. The molecule has 4 heterocycles. The summed E-state index contributed by atoms with van der Waals surface area (Å²) in [6, 6.07) is 6.15. The maximum atomic E-state index is 11.3. The van der Waals surface area contributed by atoms with Gasteiger partial charge in [0.1, 0.15) is 35.9 Å². The number of unbranched alkanes of at least 4 members (excludes halogenated alkanes) is 1. The lowest BCUT2D eigenvalue weighted by molar-refractivity contribution is -0.173. The molecule has 0 radical (unpaired) electrons. The average molecular weight is 571 g/mol. The van der Waals surface area contributed by atoms with Crippen molar-refractivity contribution < 1.29 is 9.84 Å². The number of fused-ring (bicyclic) bond motifs is 3. The maximum Gasteiger partial charge on any atom is 0.145 e. The molecule has 1 aromatic carbocycles. The third-order valence-corrected chi connectivity index (χ3v) is 9.27. The first-order valence-electron chi connectivity index (χ1n) is 13.9. The number of imidazole rings is 1. The minimum atomic E-state index is -0.569. The molecule has 4 aromatic rings. The molecule has 1 saturated heterocycles. The Balaban J connectivity index is 0.975. The van der Waals surface area contributed by atoms with Crippen LogP contribution in [0.3, 0.4) is 0 Å². The van der Waals surface area contributed by atoms with Gasteiger partial charge in [-0.1, -0.05) is 23.2 Å². The van der Waals surface area contributed by atoms with Gasteiger partial charge in [-0.25, -0.2) is 15.0 Å². The minimum absolute atomic E-state index is 0.0341. The van der Waals surface area contributed by atoms with Crippen LogP contribution in [0.15, 0.2) is 30.7 Å². The summed E-state index contributed by atoms with van der Waals surface area (Å²) in [5.74, 6) is 2.11. The van der Waals surface area contributed by atoms with E-state index in [0.29, 0.717) is 16.1 Å². The van der Waals surface area contributed by atoms with Gasteiger partial charge >= 0.3 is 0 Å². The van der Waals surface area contributed by atoms with Gasteiger partial charge < -0.3 is 24.7 Å². The van der Waals surface area contributed by atoms with Crippen molar-refractivity contribution in [1.82, 2.24) is 29.4 Å². The van der Waals surface area contributed by atoms with E-state index in [9.17, 15) is 5.11 Å². The fourth-order valence-electron chi connectivity index (χ4n) is 6.32. The van der Waals surface area contributed by atoms with E-state index in [1.54, 1.807) is 12.4 Å². The predicted molar refractivity (Wildman–Crippen MR) is 152 cm³/mol. The summed E-state index contributed by atoms with van der Waals surface area (Å²) in [6.45, 7) is 3.96. The molecule has 206 valence electrons. The number of rotatable bonds is 8. The molecule has 7 rings (SSSR count). The molecule has 39 heavy (non-hydrogen) atoms. The van der Waals surface area contributed by atoms with Gasteiger partial charge in [0.25, 0.3) is 0 Å². The number of nitrogens with one attached hydrogen (secondary N) is 2. The van der Waals surface area contributed by atoms with Crippen molar-refractivity contribution in [2.45, 2.75) is 76.0 Å². The first kappa shape index (κ1) is 25.5. The molecule has 0 amide bonds. The molecular formula is C28H33Cl2N7O2. The number of ether oxygens (including phenoxy) is 1. The van der Waals surface area contributed by atoms with Crippen LogP contribution in [-0.2, 0) is 11.2 Å². The Labute approximate surface area is 236 Å². The summed E-state index contributed by atoms with van der Waals surface area (Å²) in [7, 11) is 0. The largest absolute Gasteiger partial charge is 0.388 e. The number of aliphatic hydroxyl groups excluding tert-OH is 1. The van der Waals surface area contributed by atoms with Gasteiger partial charge in [-0.05, 0) is 57.2 Å². The number of H-pyrrole nitrogens is 1. The number of aryl methyl sites for hydroxylation is 1. The molecule has 3 aromatic heterocycles. The zero-order chi connectivity index (χ0) is 26.7. The Kier molecular flexibility index (Phi) is 6.67. The number of benzene rings is 1. The lowest BCUT2D eigenvalue weighted by Crippen LogP contribution is -2.51. The maximum absolute atomic E-state index is 11.3. The van der Waals surface area contributed by atoms with E-state index in [0.717, 1.165) is 72.5 Å². The topological polar surface area (TPSA) is 104 Å². The second kappa shape index (κ2) is 10.2. The number of nitrogens with zero attached hydrogens (tertiary/aromatic N) is 5. The predicted octanol–water partition coefficient (Wildman–Crippen LogP) is 5.18. The van der Waals surface area contributed by atoms with Crippen LogP contribution in [0.25, 0.3) is 22.1 Å².